The first-order valence-corrected chi connectivity index (χ1v) is 3.27. The van der Waals surface area contributed by atoms with Crippen LogP contribution in [0.25, 0.3) is 0 Å². The fourth-order valence-electron chi connectivity index (χ4n) is 0.304. The van der Waals surface area contributed by atoms with Crippen molar-refractivity contribution in [3.05, 3.63) is 12.7 Å². The quantitative estimate of drug-likeness (QED) is 0.247. The van der Waals surface area contributed by atoms with Gasteiger partial charge >= 0.3 is 0 Å². The molecular formula is C6H11ClO2. The molecule has 2 nitrogen and oxygen atoms in total. The molecule has 0 aliphatic heterocycles. The molecule has 54 valence electrons. The van der Waals surface area contributed by atoms with E-state index in [0.29, 0.717) is 25.9 Å². The van der Waals surface area contributed by atoms with Gasteiger partial charge in [-0.2, -0.15) is 0 Å². The van der Waals surface area contributed by atoms with Gasteiger partial charge in [-0.25, -0.2) is 0 Å². The number of alkyl halides is 1. The Kier molecular flexibility index (Phi) is 7.91. The normalized spacial score (nSPS) is 9.44. The third kappa shape index (κ3) is 7.95. The van der Waals surface area contributed by atoms with Gasteiger partial charge in [0.25, 0.3) is 0 Å². The lowest BCUT2D eigenvalue weighted by Crippen LogP contribution is -2.01. The van der Waals surface area contributed by atoms with Crippen LogP contribution in [0.5, 0.6) is 0 Å². The van der Waals surface area contributed by atoms with Crippen molar-refractivity contribution in [2.75, 3.05) is 25.9 Å². The van der Waals surface area contributed by atoms with Crippen molar-refractivity contribution in [3.63, 3.8) is 0 Å². The molecule has 0 aromatic rings. The van der Waals surface area contributed by atoms with E-state index in [1.165, 1.54) is 0 Å². The molecule has 3 heteroatoms. The summed E-state index contributed by atoms with van der Waals surface area (Å²) in [6, 6.07) is 0. The van der Waals surface area contributed by atoms with Gasteiger partial charge in [0.1, 0.15) is 6.79 Å². The van der Waals surface area contributed by atoms with Crippen molar-refractivity contribution in [1.29, 1.82) is 0 Å². The Balaban J connectivity index is 2.66. The summed E-state index contributed by atoms with van der Waals surface area (Å²) in [5.41, 5.74) is 0. The molecule has 0 heterocycles. The van der Waals surface area contributed by atoms with Gasteiger partial charge in [-0.05, 0) is 0 Å². The lowest BCUT2D eigenvalue weighted by molar-refractivity contribution is -0.0381. The molecule has 0 N–H and O–H groups in total. The molecule has 0 rings (SSSR count). The molecule has 0 aromatic heterocycles. The number of hydrogen-bond donors (Lipinski definition) is 0. The van der Waals surface area contributed by atoms with E-state index in [1.54, 1.807) is 6.08 Å². The van der Waals surface area contributed by atoms with Gasteiger partial charge in [0.15, 0.2) is 0 Å². The van der Waals surface area contributed by atoms with Gasteiger partial charge in [-0.3, -0.25) is 0 Å². The van der Waals surface area contributed by atoms with E-state index in [-0.39, 0.29) is 0 Å². The summed E-state index contributed by atoms with van der Waals surface area (Å²) in [6.45, 7) is 4.85. The van der Waals surface area contributed by atoms with E-state index >= 15 is 0 Å². The second-order valence-electron chi connectivity index (χ2n) is 1.37. The minimum atomic E-state index is 0.304. The highest BCUT2D eigenvalue weighted by Gasteiger charge is 1.82. The summed E-state index contributed by atoms with van der Waals surface area (Å²) in [4.78, 5) is 0. The average molecular weight is 151 g/mol. The Hall–Kier alpha value is -0.0500. The van der Waals surface area contributed by atoms with Crippen LogP contribution in [-0.4, -0.2) is 25.9 Å². The topological polar surface area (TPSA) is 18.5 Å². The second-order valence-corrected chi connectivity index (χ2v) is 1.75. The molecule has 0 saturated carbocycles. The van der Waals surface area contributed by atoms with Crippen molar-refractivity contribution in [3.8, 4) is 0 Å². The summed E-state index contributed by atoms with van der Waals surface area (Å²) in [5.74, 6) is 0.511. The van der Waals surface area contributed by atoms with Gasteiger partial charge in [-0.1, -0.05) is 6.08 Å². The maximum atomic E-state index is 5.31. The third-order valence-corrected chi connectivity index (χ3v) is 0.778. The van der Waals surface area contributed by atoms with Gasteiger partial charge in [-0.15, -0.1) is 18.2 Å². The van der Waals surface area contributed by atoms with E-state index in [0.717, 1.165) is 0 Å². The van der Waals surface area contributed by atoms with Crippen LogP contribution in [0.4, 0.5) is 0 Å². The minimum Gasteiger partial charge on any atom is -0.354 e. The lowest BCUT2D eigenvalue weighted by Gasteiger charge is -1.99. The highest BCUT2D eigenvalue weighted by Crippen LogP contribution is 1.80. The molecule has 0 fully saturated rings. The smallest absolute Gasteiger partial charge is 0.147 e. The minimum absolute atomic E-state index is 0.304. The molecule has 0 spiro atoms. The summed E-state index contributed by atoms with van der Waals surface area (Å²) in [6.07, 6.45) is 1.67. The standard InChI is InChI=1S/C6H11ClO2/c1-2-4-8-6-9-5-3-7/h2H,1,3-6H2. The Morgan fingerprint density at radius 1 is 1.44 bits per heavy atom. The first kappa shape index (κ1) is 8.95. The highest BCUT2D eigenvalue weighted by atomic mass is 35.5. The summed E-state index contributed by atoms with van der Waals surface area (Å²) in [7, 11) is 0. The van der Waals surface area contributed by atoms with E-state index in [2.05, 4.69) is 6.58 Å². The lowest BCUT2D eigenvalue weighted by atomic mass is 10.7. The number of halogens is 1. The molecule has 0 atom stereocenters. The van der Waals surface area contributed by atoms with E-state index < -0.39 is 0 Å². The third-order valence-electron chi connectivity index (χ3n) is 0.624. The van der Waals surface area contributed by atoms with Gasteiger partial charge in [0.05, 0.1) is 13.2 Å². The van der Waals surface area contributed by atoms with Gasteiger partial charge in [0, 0.05) is 5.88 Å². The molecule has 0 aliphatic rings. The molecule has 0 aromatic carbocycles. The predicted octanol–water partition coefficient (Wildman–Crippen LogP) is 1.40. The molecule has 9 heavy (non-hydrogen) atoms. The largest absolute Gasteiger partial charge is 0.354 e. The number of ether oxygens (including phenoxy) is 2. The summed E-state index contributed by atoms with van der Waals surface area (Å²) < 4.78 is 9.77. The molecule has 0 amide bonds. The van der Waals surface area contributed by atoms with E-state index in [4.69, 9.17) is 21.1 Å². The zero-order valence-electron chi connectivity index (χ0n) is 5.31. The molecule has 0 unspecified atom stereocenters. The fraction of sp³-hybridized carbons (Fsp3) is 0.667. The van der Waals surface area contributed by atoms with Crippen LogP contribution < -0.4 is 0 Å². The monoisotopic (exact) mass is 150 g/mol. The van der Waals surface area contributed by atoms with Crippen LogP contribution in [0.3, 0.4) is 0 Å². The van der Waals surface area contributed by atoms with Crippen LogP contribution in [-0.2, 0) is 9.47 Å². The zero-order valence-corrected chi connectivity index (χ0v) is 6.06. The Morgan fingerprint density at radius 3 is 2.78 bits per heavy atom. The average Bonchev–Trinajstić information content (AvgIpc) is 1.89. The van der Waals surface area contributed by atoms with Crippen molar-refractivity contribution in [2.45, 2.75) is 0 Å². The van der Waals surface area contributed by atoms with Gasteiger partial charge in [0.2, 0.25) is 0 Å². The summed E-state index contributed by atoms with van der Waals surface area (Å²) in [5, 5.41) is 0. The van der Waals surface area contributed by atoms with Crippen molar-refractivity contribution in [1.82, 2.24) is 0 Å². The second kappa shape index (κ2) is 7.95. The highest BCUT2D eigenvalue weighted by molar-refractivity contribution is 6.17. The molecular weight excluding hydrogens is 140 g/mol. The molecule has 0 saturated heterocycles. The zero-order chi connectivity index (χ0) is 6.95. The van der Waals surface area contributed by atoms with Crippen molar-refractivity contribution in [2.24, 2.45) is 0 Å². The Labute approximate surface area is 60.4 Å². The molecule has 0 aliphatic carbocycles. The number of hydrogen-bond acceptors (Lipinski definition) is 2. The van der Waals surface area contributed by atoms with Crippen LogP contribution in [0.15, 0.2) is 12.7 Å². The number of rotatable bonds is 6. The van der Waals surface area contributed by atoms with Crippen LogP contribution in [0.1, 0.15) is 0 Å². The van der Waals surface area contributed by atoms with Crippen LogP contribution in [0, 0.1) is 0 Å². The van der Waals surface area contributed by atoms with Crippen LogP contribution >= 0.6 is 11.6 Å². The maximum Gasteiger partial charge on any atom is 0.147 e. The maximum absolute atomic E-state index is 5.31. The van der Waals surface area contributed by atoms with Crippen molar-refractivity contribution >= 4 is 11.6 Å². The molecule has 0 radical (unpaired) electrons. The predicted molar refractivity (Wildman–Crippen MR) is 37.7 cm³/mol. The Morgan fingerprint density at radius 2 is 2.22 bits per heavy atom. The SMILES string of the molecule is C=CCOCOCCCl. The molecule has 0 bridgehead atoms. The van der Waals surface area contributed by atoms with Crippen LogP contribution in [0.2, 0.25) is 0 Å². The van der Waals surface area contributed by atoms with E-state index in [1.807, 2.05) is 0 Å². The van der Waals surface area contributed by atoms with E-state index in [9.17, 15) is 0 Å². The van der Waals surface area contributed by atoms with Crippen molar-refractivity contribution < 1.29 is 9.47 Å². The Bertz CT molecular complexity index is 66.1. The summed E-state index contributed by atoms with van der Waals surface area (Å²) >= 11 is 5.31. The first-order valence-electron chi connectivity index (χ1n) is 2.74. The fourth-order valence-corrected chi connectivity index (χ4v) is 0.413. The first-order chi connectivity index (χ1) is 4.41. The van der Waals surface area contributed by atoms with Gasteiger partial charge < -0.3 is 9.47 Å².